The third-order valence-corrected chi connectivity index (χ3v) is 4.56. The van der Waals surface area contributed by atoms with Gasteiger partial charge >= 0.3 is 5.97 Å². The standard InChI is InChI=1S/C23H28N2O3/c1-18(17-26)8-6-13-25(14-7-9-19(2)23(27)28-3)15-12-20-16-24-22-11-5-4-10-21(20)22/h4-6,8-11,13,16-17,24H,7,12,14-15H2,1-3H3/b13-6+,18-8+,19-9+. The fourth-order valence-corrected chi connectivity index (χ4v) is 2.91. The molecule has 5 nitrogen and oxygen atoms in total. The molecule has 5 heteroatoms. The number of nitrogens with one attached hydrogen (secondary N) is 1. The van der Waals surface area contributed by atoms with Crippen LogP contribution in [-0.2, 0) is 20.7 Å². The van der Waals surface area contributed by atoms with Gasteiger partial charge < -0.3 is 14.6 Å². The Bertz CT molecular complexity index is 890. The topological polar surface area (TPSA) is 62.4 Å². The summed E-state index contributed by atoms with van der Waals surface area (Å²) < 4.78 is 4.73. The van der Waals surface area contributed by atoms with E-state index in [1.807, 2.05) is 30.5 Å². The van der Waals surface area contributed by atoms with Crippen LogP contribution >= 0.6 is 0 Å². The Morgan fingerprint density at radius 3 is 2.75 bits per heavy atom. The first kappa shape index (κ1) is 21.2. The van der Waals surface area contributed by atoms with Gasteiger partial charge in [0.2, 0.25) is 0 Å². The molecule has 1 aromatic carbocycles. The van der Waals surface area contributed by atoms with E-state index in [2.05, 4.69) is 28.2 Å². The molecule has 0 saturated heterocycles. The molecular formula is C23H28N2O3. The summed E-state index contributed by atoms with van der Waals surface area (Å²) in [5.74, 6) is -0.301. The van der Waals surface area contributed by atoms with Crippen LogP contribution < -0.4 is 0 Å². The lowest BCUT2D eigenvalue weighted by atomic mass is 10.1. The van der Waals surface area contributed by atoms with Gasteiger partial charge in [-0.2, -0.15) is 0 Å². The normalized spacial score (nSPS) is 12.5. The van der Waals surface area contributed by atoms with E-state index >= 15 is 0 Å². The Kier molecular flexibility index (Phi) is 8.28. The molecule has 1 aromatic heterocycles. The van der Waals surface area contributed by atoms with E-state index in [9.17, 15) is 9.59 Å². The lowest BCUT2D eigenvalue weighted by Gasteiger charge is -2.19. The van der Waals surface area contributed by atoms with Crippen LogP contribution in [0.4, 0.5) is 0 Å². The molecule has 2 aromatic rings. The Morgan fingerprint density at radius 2 is 2.00 bits per heavy atom. The van der Waals surface area contributed by atoms with E-state index in [0.717, 1.165) is 37.7 Å². The van der Waals surface area contributed by atoms with Gasteiger partial charge in [0.1, 0.15) is 6.29 Å². The zero-order valence-corrected chi connectivity index (χ0v) is 16.8. The molecule has 148 valence electrons. The molecule has 0 aliphatic rings. The fraction of sp³-hybridized carbons (Fsp3) is 0.304. The number of benzene rings is 1. The van der Waals surface area contributed by atoms with E-state index in [1.54, 1.807) is 19.9 Å². The van der Waals surface area contributed by atoms with Crippen molar-refractivity contribution in [2.75, 3.05) is 20.2 Å². The van der Waals surface area contributed by atoms with E-state index in [4.69, 9.17) is 4.74 Å². The number of ether oxygens (including phenoxy) is 1. The summed E-state index contributed by atoms with van der Waals surface area (Å²) in [7, 11) is 1.39. The van der Waals surface area contributed by atoms with Crippen molar-refractivity contribution in [2.24, 2.45) is 0 Å². The van der Waals surface area contributed by atoms with Crippen molar-refractivity contribution in [3.8, 4) is 0 Å². The number of methoxy groups -OCH3 is 1. The number of hydrogen-bond donors (Lipinski definition) is 1. The number of fused-ring (bicyclic) bond motifs is 1. The molecule has 0 saturated carbocycles. The second-order valence-corrected chi connectivity index (χ2v) is 6.68. The third-order valence-electron chi connectivity index (χ3n) is 4.56. The Labute approximate surface area is 166 Å². The molecule has 0 unspecified atom stereocenters. The van der Waals surface area contributed by atoms with Crippen LogP contribution in [0.1, 0.15) is 25.8 Å². The van der Waals surface area contributed by atoms with Crippen LogP contribution in [0.5, 0.6) is 0 Å². The molecule has 0 atom stereocenters. The number of aromatic nitrogens is 1. The predicted molar refractivity (Wildman–Crippen MR) is 113 cm³/mol. The van der Waals surface area contributed by atoms with Crippen LogP contribution in [0.25, 0.3) is 10.9 Å². The number of esters is 1. The summed E-state index contributed by atoms with van der Waals surface area (Å²) in [6.07, 6.45) is 12.1. The van der Waals surface area contributed by atoms with Crippen molar-refractivity contribution in [3.05, 3.63) is 71.6 Å². The van der Waals surface area contributed by atoms with Gasteiger partial charge in [-0.3, -0.25) is 4.79 Å². The van der Waals surface area contributed by atoms with Crippen molar-refractivity contribution in [2.45, 2.75) is 26.7 Å². The number of rotatable bonds is 10. The molecule has 0 bridgehead atoms. The van der Waals surface area contributed by atoms with E-state index in [0.29, 0.717) is 11.1 Å². The van der Waals surface area contributed by atoms with Crippen LogP contribution in [-0.4, -0.2) is 42.3 Å². The van der Waals surface area contributed by atoms with Gasteiger partial charge in [0, 0.05) is 35.8 Å². The highest BCUT2D eigenvalue weighted by Gasteiger charge is 2.06. The first-order valence-electron chi connectivity index (χ1n) is 9.39. The average molecular weight is 380 g/mol. The third kappa shape index (κ3) is 6.27. The van der Waals surface area contributed by atoms with Gasteiger partial charge in [-0.25, -0.2) is 4.79 Å². The minimum absolute atomic E-state index is 0.301. The average Bonchev–Trinajstić information content (AvgIpc) is 3.13. The number of hydrogen-bond acceptors (Lipinski definition) is 4. The lowest BCUT2D eigenvalue weighted by Crippen LogP contribution is -2.21. The van der Waals surface area contributed by atoms with Crippen molar-refractivity contribution in [1.29, 1.82) is 0 Å². The maximum atomic E-state index is 11.5. The summed E-state index contributed by atoms with van der Waals surface area (Å²) in [4.78, 5) is 27.8. The summed E-state index contributed by atoms with van der Waals surface area (Å²) >= 11 is 0. The zero-order chi connectivity index (χ0) is 20.4. The number of carbonyl (C=O) groups is 2. The molecular weight excluding hydrogens is 352 g/mol. The molecule has 0 radical (unpaired) electrons. The number of aromatic amines is 1. The van der Waals surface area contributed by atoms with Crippen molar-refractivity contribution in [3.63, 3.8) is 0 Å². The van der Waals surface area contributed by atoms with Crippen LogP contribution in [0, 0.1) is 0 Å². The first-order chi connectivity index (χ1) is 13.5. The van der Waals surface area contributed by atoms with Gasteiger partial charge in [0.05, 0.1) is 7.11 Å². The summed E-state index contributed by atoms with van der Waals surface area (Å²) in [6, 6.07) is 8.27. The molecule has 28 heavy (non-hydrogen) atoms. The highest BCUT2D eigenvalue weighted by atomic mass is 16.5. The monoisotopic (exact) mass is 380 g/mol. The number of aldehydes is 1. The van der Waals surface area contributed by atoms with Gasteiger partial charge in [0.15, 0.2) is 0 Å². The maximum absolute atomic E-state index is 11.5. The summed E-state index contributed by atoms with van der Waals surface area (Å²) in [5.41, 5.74) is 3.70. The Hall–Kier alpha value is -3.08. The van der Waals surface area contributed by atoms with Crippen LogP contribution in [0.2, 0.25) is 0 Å². The lowest BCUT2D eigenvalue weighted by molar-refractivity contribution is -0.136. The maximum Gasteiger partial charge on any atom is 0.333 e. The van der Waals surface area contributed by atoms with Crippen LogP contribution in [0.3, 0.4) is 0 Å². The van der Waals surface area contributed by atoms with E-state index in [1.165, 1.54) is 18.1 Å². The number of allylic oxidation sites excluding steroid dienone is 3. The zero-order valence-electron chi connectivity index (χ0n) is 16.8. The number of para-hydroxylation sites is 1. The van der Waals surface area contributed by atoms with Crippen LogP contribution in [0.15, 0.2) is 66.0 Å². The highest BCUT2D eigenvalue weighted by Crippen LogP contribution is 2.18. The molecule has 0 fully saturated rings. The van der Waals surface area contributed by atoms with Crippen molar-refractivity contribution in [1.82, 2.24) is 9.88 Å². The predicted octanol–water partition coefficient (Wildman–Crippen LogP) is 4.18. The second-order valence-electron chi connectivity index (χ2n) is 6.68. The molecule has 0 spiro atoms. The van der Waals surface area contributed by atoms with Gasteiger partial charge in [0.25, 0.3) is 0 Å². The highest BCUT2D eigenvalue weighted by molar-refractivity contribution is 5.87. The minimum atomic E-state index is -0.301. The van der Waals surface area contributed by atoms with Crippen molar-refractivity contribution < 1.29 is 14.3 Å². The van der Waals surface area contributed by atoms with E-state index in [-0.39, 0.29) is 5.97 Å². The Balaban J connectivity index is 2.04. The largest absolute Gasteiger partial charge is 0.466 e. The molecule has 0 aliphatic carbocycles. The second kappa shape index (κ2) is 10.9. The molecule has 2 rings (SSSR count). The molecule has 1 N–H and O–H groups in total. The van der Waals surface area contributed by atoms with E-state index < -0.39 is 0 Å². The first-order valence-corrected chi connectivity index (χ1v) is 9.39. The fourth-order valence-electron chi connectivity index (χ4n) is 2.91. The van der Waals surface area contributed by atoms with Gasteiger partial charge in [-0.1, -0.05) is 30.4 Å². The number of H-pyrrole nitrogens is 1. The van der Waals surface area contributed by atoms with Gasteiger partial charge in [-0.05, 0) is 56.2 Å². The quantitative estimate of drug-likeness (QED) is 0.291. The molecule has 0 aliphatic heterocycles. The van der Waals surface area contributed by atoms with Crippen molar-refractivity contribution >= 4 is 23.2 Å². The smallest absolute Gasteiger partial charge is 0.333 e. The molecule has 1 heterocycles. The number of carbonyl (C=O) groups excluding carboxylic acids is 2. The van der Waals surface area contributed by atoms with Gasteiger partial charge in [-0.15, -0.1) is 0 Å². The summed E-state index contributed by atoms with van der Waals surface area (Å²) in [5, 5.41) is 1.24. The Morgan fingerprint density at radius 1 is 1.21 bits per heavy atom. The summed E-state index contributed by atoms with van der Waals surface area (Å²) in [6.45, 7) is 5.13. The minimum Gasteiger partial charge on any atom is -0.466 e. The SMILES string of the molecule is COC(=O)/C(C)=C/CCN(/C=C/C=C(\C)C=O)CCc1c[nH]c2ccccc12. The number of nitrogens with zero attached hydrogens (tertiary/aromatic N) is 1. The molecule has 0 amide bonds.